The minimum absolute atomic E-state index is 0.106. The molecule has 2 unspecified atom stereocenters. The number of hydrogen-bond donors (Lipinski definition) is 3. The fraction of sp³-hybridized carbons (Fsp3) is 0.600. The lowest BCUT2D eigenvalue weighted by atomic mass is 10.0. The summed E-state index contributed by atoms with van der Waals surface area (Å²) in [5.74, 6) is -0.155. The summed E-state index contributed by atoms with van der Waals surface area (Å²) in [5.41, 5.74) is 1.24. The molecule has 0 aliphatic carbocycles. The Balaban J connectivity index is 1.69. The van der Waals surface area contributed by atoms with Crippen molar-refractivity contribution in [1.29, 1.82) is 0 Å². The first-order valence-electron chi connectivity index (χ1n) is 9.71. The number of rotatable bonds is 7. The van der Waals surface area contributed by atoms with Crippen molar-refractivity contribution in [2.75, 3.05) is 13.1 Å². The van der Waals surface area contributed by atoms with Gasteiger partial charge in [0.25, 0.3) is 0 Å². The molecule has 0 aromatic heterocycles. The van der Waals surface area contributed by atoms with Crippen molar-refractivity contribution in [2.24, 2.45) is 0 Å². The van der Waals surface area contributed by atoms with E-state index in [-0.39, 0.29) is 24.0 Å². The zero-order valence-corrected chi connectivity index (χ0v) is 17.2. The molecular formula is C20H31ClN4O2. The molecule has 1 aliphatic rings. The van der Waals surface area contributed by atoms with Gasteiger partial charge in [-0.3, -0.25) is 9.69 Å². The monoisotopic (exact) mass is 394 g/mol. The van der Waals surface area contributed by atoms with E-state index in [1.165, 1.54) is 5.56 Å². The molecule has 1 fully saturated rings. The van der Waals surface area contributed by atoms with Gasteiger partial charge in [0, 0.05) is 36.7 Å². The second-order valence-corrected chi connectivity index (χ2v) is 7.77. The van der Waals surface area contributed by atoms with Crippen LogP contribution in [0.2, 0.25) is 5.02 Å². The number of amides is 3. The molecule has 7 heteroatoms. The van der Waals surface area contributed by atoms with Crippen LogP contribution in [0.4, 0.5) is 4.79 Å². The molecule has 1 saturated heterocycles. The molecule has 0 bridgehead atoms. The number of hydrogen-bond acceptors (Lipinski definition) is 3. The molecule has 2 rings (SSSR count). The van der Waals surface area contributed by atoms with Gasteiger partial charge in [0.05, 0.1) is 0 Å². The predicted octanol–water partition coefficient (Wildman–Crippen LogP) is 2.91. The molecule has 1 aliphatic heterocycles. The second-order valence-electron chi connectivity index (χ2n) is 7.33. The van der Waals surface area contributed by atoms with Crippen molar-refractivity contribution in [3.8, 4) is 0 Å². The van der Waals surface area contributed by atoms with Crippen molar-refractivity contribution in [1.82, 2.24) is 20.9 Å². The summed E-state index contributed by atoms with van der Waals surface area (Å²) in [7, 11) is 0. The Labute approximate surface area is 167 Å². The molecule has 6 nitrogen and oxygen atoms in total. The predicted molar refractivity (Wildman–Crippen MR) is 109 cm³/mol. The number of halogens is 1. The quantitative estimate of drug-likeness (QED) is 0.665. The summed E-state index contributed by atoms with van der Waals surface area (Å²) in [6, 6.07) is 7.33. The van der Waals surface area contributed by atoms with Crippen molar-refractivity contribution < 1.29 is 9.59 Å². The average Bonchev–Trinajstić information content (AvgIpc) is 2.64. The maximum Gasteiger partial charge on any atom is 0.315 e. The van der Waals surface area contributed by atoms with Crippen LogP contribution < -0.4 is 16.0 Å². The smallest absolute Gasteiger partial charge is 0.315 e. The van der Waals surface area contributed by atoms with Gasteiger partial charge in [-0.05, 0) is 50.8 Å². The van der Waals surface area contributed by atoms with Crippen molar-refractivity contribution in [3.05, 3.63) is 34.9 Å². The molecule has 3 N–H and O–H groups in total. The molecule has 1 aromatic rings. The van der Waals surface area contributed by atoms with Gasteiger partial charge in [0.1, 0.15) is 6.04 Å². The van der Waals surface area contributed by atoms with Gasteiger partial charge in [0.15, 0.2) is 0 Å². The number of carbonyl (C=O) groups is 2. The van der Waals surface area contributed by atoms with Crippen LogP contribution in [0.25, 0.3) is 0 Å². The zero-order valence-electron chi connectivity index (χ0n) is 16.4. The minimum atomic E-state index is -0.552. The van der Waals surface area contributed by atoms with E-state index in [9.17, 15) is 9.59 Å². The van der Waals surface area contributed by atoms with Crippen LogP contribution in [0, 0.1) is 0 Å². The lowest BCUT2D eigenvalue weighted by Crippen LogP contribution is -2.53. The third-order valence-corrected chi connectivity index (χ3v) is 5.24. The Morgan fingerprint density at radius 1 is 1.15 bits per heavy atom. The first-order valence-corrected chi connectivity index (χ1v) is 10.1. The van der Waals surface area contributed by atoms with Gasteiger partial charge < -0.3 is 16.0 Å². The molecular weight excluding hydrogens is 364 g/mol. The minimum Gasteiger partial charge on any atom is -0.352 e. The number of benzene rings is 1. The highest BCUT2D eigenvalue weighted by Gasteiger charge is 2.22. The summed E-state index contributed by atoms with van der Waals surface area (Å²) in [6.45, 7) is 8.40. The molecule has 0 spiro atoms. The van der Waals surface area contributed by atoms with Crippen LogP contribution in [0.1, 0.15) is 45.6 Å². The van der Waals surface area contributed by atoms with Gasteiger partial charge in [-0.1, -0.05) is 30.7 Å². The van der Waals surface area contributed by atoms with Crippen LogP contribution in [0.3, 0.4) is 0 Å². The second kappa shape index (κ2) is 10.5. The van der Waals surface area contributed by atoms with Crippen LogP contribution >= 0.6 is 11.6 Å². The molecule has 1 heterocycles. The lowest BCUT2D eigenvalue weighted by molar-refractivity contribution is -0.123. The highest BCUT2D eigenvalue weighted by molar-refractivity contribution is 6.30. The standard InChI is InChI=1S/C20H31ClN4O2/c1-4-14(2)22-19(26)15(3)23-20(27)24-18-9-11-25(12-10-18)13-16-5-7-17(21)8-6-16/h5-8,14-15,18H,4,9-13H2,1-3H3,(H,22,26)(H2,23,24,27). The zero-order chi connectivity index (χ0) is 19.8. The normalized spacial score (nSPS) is 17.8. The molecule has 0 radical (unpaired) electrons. The maximum atomic E-state index is 12.2. The first kappa shape index (κ1) is 21.5. The fourth-order valence-electron chi connectivity index (χ4n) is 3.04. The lowest BCUT2D eigenvalue weighted by Gasteiger charge is -2.32. The van der Waals surface area contributed by atoms with E-state index in [1.807, 2.05) is 38.1 Å². The Morgan fingerprint density at radius 3 is 2.37 bits per heavy atom. The summed E-state index contributed by atoms with van der Waals surface area (Å²) in [6.07, 6.45) is 2.65. The van der Waals surface area contributed by atoms with Gasteiger partial charge >= 0.3 is 6.03 Å². The van der Waals surface area contributed by atoms with Gasteiger partial charge in [0.2, 0.25) is 5.91 Å². The summed E-state index contributed by atoms with van der Waals surface area (Å²) in [4.78, 5) is 26.5. The molecule has 1 aromatic carbocycles. The topological polar surface area (TPSA) is 73.5 Å². The van der Waals surface area contributed by atoms with E-state index >= 15 is 0 Å². The van der Waals surface area contributed by atoms with Gasteiger partial charge in [-0.2, -0.15) is 0 Å². The van der Waals surface area contributed by atoms with Crippen LogP contribution in [-0.2, 0) is 11.3 Å². The number of nitrogens with one attached hydrogen (secondary N) is 3. The third-order valence-electron chi connectivity index (χ3n) is 4.98. The Morgan fingerprint density at radius 2 is 1.78 bits per heavy atom. The number of urea groups is 1. The first-order chi connectivity index (χ1) is 12.9. The van der Waals surface area contributed by atoms with E-state index < -0.39 is 6.04 Å². The van der Waals surface area contributed by atoms with E-state index in [1.54, 1.807) is 6.92 Å². The van der Waals surface area contributed by atoms with Crippen LogP contribution in [0.15, 0.2) is 24.3 Å². The Bertz CT molecular complexity index is 615. The number of nitrogens with zero attached hydrogens (tertiary/aromatic N) is 1. The molecule has 3 amide bonds. The number of carbonyl (C=O) groups excluding carboxylic acids is 2. The largest absolute Gasteiger partial charge is 0.352 e. The Hall–Kier alpha value is -1.79. The highest BCUT2D eigenvalue weighted by atomic mass is 35.5. The highest BCUT2D eigenvalue weighted by Crippen LogP contribution is 2.16. The van der Waals surface area contributed by atoms with E-state index in [0.29, 0.717) is 0 Å². The number of piperidine rings is 1. The maximum absolute atomic E-state index is 12.2. The molecule has 27 heavy (non-hydrogen) atoms. The van der Waals surface area contributed by atoms with E-state index in [4.69, 9.17) is 11.6 Å². The van der Waals surface area contributed by atoms with Crippen molar-refractivity contribution in [3.63, 3.8) is 0 Å². The third kappa shape index (κ3) is 7.39. The average molecular weight is 395 g/mol. The summed E-state index contributed by atoms with van der Waals surface area (Å²) < 4.78 is 0. The molecule has 2 atom stereocenters. The van der Waals surface area contributed by atoms with Crippen LogP contribution in [-0.4, -0.2) is 48.1 Å². The molecule has 150 valence electrons. The van der Waals surface area contributed by atoms with Gasteiger partial charge in [-0.15, -0.1) is 0 Å². The van der Waals surface area contributed by atoms with E-state index in [0.717, 1.165) is 43.9 Å². The van der Waals surface area contributed by atoms with Gasteiger partial charge in [-0.25, -0.2) is 4.79 Å². The van der Waals surface area contributed by atoms with E-state index in [2.05, 4.69) is 20.9 Å². The summed E-state index contributed by atoms with van der Waals surface area (Å²) >= 11 is 5.92. The van der Waals surface area contributed by atoms with Crippen molar-refractivity contribution >= 4 is 23.5 Å². The SMILES string of the molecule is CCC(C)NC(=O)C(C)NC(=O)NC1CCN(Cc2ccc(Cl)cc2)CC1. The fourth-order valence-corrected chi connectivity index (χ4v) is 3.17. The van der Waals surface area contributed by atoms with Crippen LogP contribution in [0.5, 0.6) is 0 Å². The Kier molecular flexibility index (Phi) is 8.38. The van der Waals surface area contributed by atoms with Crippen molar-refractivity contribution in [2.45, 2.75) is 64.7 Å². The molecule has 0 saturated carbocycles. The summed E-state index contributed by atoms with van der Waals surface area (Å²) in [5, 5.41) is 9.34. The number of likely N-dealkylation sites (tertiary alicyclic amines) is 1.